The summed E-state index contributed by atoms with van der Waals surface area (Å²) in [4.78, 5) is 12.4. The summed E-state index contributed by atoms with van der Waals surface area (Å²) < 4.78 is 2.06. The van der Waals surface area contributed by atoms with Crippen LogP contribution in [0.3, 0.4) is 0 Å². The molecular weight excluding hydrogens is 334 g/mol. The van der Waals surface area contributed by atoms with Crippen molar-refractivity contribution in [1.29, 1.82) is 0 Å². The third-order valence-corrected chi connectivity index (χ3v) is 4.80. The van der Waals surface area contributed by atoms with Crippen LogP contribution in [0.1, 0.15) is 41.0 Å². The summed E-state index contributed by atoms with van der Waals surface area (Å²) in [5.74, 6) is -0.127. The minimum atomic E-state index is -0.655. The van der Waals surface area contributed by atoms with E-state index in [4.69, 9.17) is 0 Å². The van der Waals surface area contributed by atoms with E-state index in [9.17, 15) is 9.90 Å². The summed E-state index contributed by atoms with van der Waals surface area (Å²) in [5.41, 5.74) is 1.52. The molecule has 1 fully saturated rings. The Hall–Kier alpha value is -1.34. The van der Waals surface area contributed by atoms with Crippen LogP contribution in [0.2, 0.25) is 0 Å². The number of nitrogens with zero attached hydrogens (tertiary/aromatic N) is 1. The zero-order valence-electron chi connectivity index (χ0n) is 12.8. The molecule has 23 heavy (non-hydrogen) atoms. The summed E-state index contributed by atoms with van der Waals surface area (Å²) in [6.45, 7) is 2.20. The lowest BCUT2D eigenvalue weighted by atomic mass is 10.1. The molecule has 1 aliphatic rings. The molecule has 2 aromatic rings. The van der Waals surface area contributed by atoms with Crippen LogP contribution in [0.15, 0.2) is 35.2 Å². The second-order valence-electron chi connectivity index (χ2n) is 5.56. The first-order valence-electron chi connectivity index (χ1n) is 7.61. The number of halogens is 1. The fourth-order valence-electron chi connectivity index (χ4n) is 2.85. The van der Waals surface area contributed by atoms with Crippen LogP contribution in [-0.4, -0.2) is 35.2 Å². The number of rotatable bonds is 5. The van der Waals surface area contributed by atoms with Crippen LogP contribution in [-0.2, 0) is 0 Å². The van der Waals surface area contributed by atoms with Crippen molar-refractivity contribution < 1.29 is 9.90 Å². The normalized spacial score (nSPS) is 16.6. The first-order valence-corrected chi connectivity index (χ1v) is 8.56. The van der Waals surface area contributed by atoms with E-state index in [0.717, 1.165) is 31.5 Å². The highest BCUT2D eigenvalue weighted by molar-refractivity contribution is 7.07. The van der Waals surface area contributed by atoms with Crippen molar-refractivity contribution in [2.45, 2.75) is 25.0 Å². The number of aromatic nitrogens is 1. The molecule has 5 nitrogen and oxygen atoms in total. The summed E-state index contributed by atoms with van der Waals surface area (Å²) in [6.07, 6.45) is 3.39. The monoisotopic (exact) mass is 355 g/mol. The fourth-order valence-corrected chi connectivity index (χ4v) is 3.56. The maximum Gasteiger partial charge on any atom is 0.268 e. The molecule has 1 aliphatic heterocycles. The van der Waals surface area contributed by atoms with Crippen molar-refractivity contribution in [2.24, 2.45) is 0 Å². The Bertz CT molecular complexity index is 609. The van der Waals surface area contributed by atoms with Crippen molar-refractivity contribution in [2.75, 3.05) is 19.6 Å². The van der Waals surface area contributed by atoms with Gasteiger partial charge >= 0.3 is 0 Å². The van der Waals surface area contributed by atoms with Crippen LogP contribution in [0.5, 0.6) is 0 Å². The Morgan fingerprint density at radius 1 is 1.43 bits per heavy atom. The number of piperidine rings is 1. The molecule has 1 saturated heterocycles. The summed E-state index contributed by atoms with van der Waals surface area (Å²) in [7, 11) is 0. The van der Waals surface area contributed by atoms with Gasteiger partial charge in [-0.25, -0.2) is 0 Å². The van der Waals surface area contributed by atoms with Gasteiger partial charge in [0.1, 0.15) is 5.69 Å². The second-order valence-corrected chi connectivity index (χ2v) is 6.34. The SMILES string of the molecule is Cl.O=C(NCC(O)c1ccsc1)c1cccn1C1CCNCC1. The number of carbonyl (C=O) groups excluding carboxylic acids is 1. The minimum Gasteiger partial charge on any atom is -0.387 e. The van der Waals surface area contributed by atoms with Crippen LogP contribution in [0, 0.1) is 0 Å². The molecule has 126 valence electrons. The van der Waals surface area contributed by atoms with Gasteiger partial charge in [0.2, 0.25) is 0 Å². The summed E-state index contributed by atoms with van der Waals surface area (Å²) in [5, 5.41) is 20.0. The standard InChI is InChI=1S/C16H21N3O2S.ClH/c20-15(12-5-9-22-11-12)10-18-16(21)14-2-1-8-19(14)13-3-6-17-7-4-13;/h1-2,5,8-9,11,13,15,17,20H,3-4,6-7,10H2,(H,18,21);1H. The predicted octanol–water partition coefficient (Wildman–Crippen LogP) is 2.36. The minimum absolute atomic E-state index is 0. The molecule has 1 unspecified atom stereocenters. The smallest absolute Gasteiger partial charge is 0.268 e. The van der Waals surface area contributed by atoms with E-state index in [2.05, 4.69) is 15.2 Å². The number of carbonyl (C=O) groups is 1. The molecule has 3 N–H and O–H groups in total. The van der Waals surface area contributed by atoms with E-state index < -0.39 is 6.10 Å². The zero-order valence-corrected chi connectivity index (χ0v) is 14.4. The molecule has 2 aromatic heterocycles. The molecule has 0 radical (unpaired) electrons. The zero-order chi connectivity index (χ0) is 15.4. The van der Waals surface area contributed by atoms with Gasteiger partial charge in [-0.05, 0) is 60.5 Å². The molecular formula is C16H22ClN3O2S. The maximum absolute atomic E-state index is 12.4. The van der Waals surface area contributed by atoms with E-state index in [-0.39, 0.29) is 24.9 Å². The third kappa shape index (κ3) is 4.35. The van der Waals surface area contributed by atoms with Crippen LogP contribution < -0.4 is 10.6 Å². The lowest BCUT2D eigenvalue weighted by Crippen LogP contribution is -2.33. The Morgan fingerprint density at radius 2 is 2.22 bits per heavy atom. The Kier molecular flexibility index (Phi) is 6.65. The van der Waals surface area contributed by atoms with Gasteiger partial charge < -0.3 is 20.3 Å². The number of nitrogens with one attached hydrogen (secondary N) is 2. The van der Waals surface area contributed by atoms with Gasteiger partial charge in [0.25, 0.3) is 5.91 Å². The van der Waals surface area contributed by atoms with Gasteiger partial charge in [0.05, 0.1) is 6.10 Å². The number of thiophene rings is 1. The molecule has 1 atom stereocenters. The molecule has 0 aliphatic carbocycles. The van der Waals surface area contributed by atoms with E-state index >= 15 is 0 Å². The third-order valence-electron chi connectivity index (χ3n) is 4.10. The summed E-state index contributed by atoms with van der Waals surface area (Å²) >= 11 is 1.54. The Morgan fingerprint density at radius 3 is 2.91 bits per heavy atom. The molecule has 7 heteroatoms. The molecule has 0 spiro atoms. The average Bonchev–Trinajstić information content (AvgIpc) is 3.24. The van der Waals surface area contributed by atoms with E-state index in [0.29, 0.717) is 11.7 Å². The quantitative estimate of drug-likeness (QED) is 0.771. The van der Waals surface area contributed by atoms with Crippen molar-refractivity contribution in [3.05, 3.63) is 46.4 Å². The lowest BCUT2D eigenvalue weighted by Gasteiger charge is -2.26. The highest BCUT2D eigenvalue weighted by atomic mass is 35.5. The van der Waals surface area contributed by atoms with Crippen molar-refractivity contribution in [3.8, 4) is 0 Å². The van der Waals surface area contributed by atoms with Crippen LogP contribution in [0.25, 0.3) is 0 Å². The van der Waals surface area contributed by atoms with Crippen LogP contribution >= 0.6 is 23.7 Å². The van der Waals surface area contributed by atoms with Crippen LogP contribution in [0.4, 0.5) is 0 Å². The Labute approximate surface area is 146 Å². The molecule has 1 amide bonds. The fraction of sp³-hybridized carbons (Fsp3) is 0.438. The number of aliphatic hydroxyl groups excluding tert-OH is 1. The average molecular weight is 356 g/mol. The van der Waals surface area contributed by atoms with Gasteiger partial charge in [-0.3, -0.25) is 4.79 Å². The van der Waals surface area contributed by atoms with E-state index in [1.54, 1.807) is 0 Å². The van der Waals surface area contributed by atoms with E-state index in [1.165, 1.54) is 11.3 Å². The number of aliphatic hydroxyl groups is 1. The van der Waals surface area contributed by atoms with Gasteiger partial charge in [-0.1, -0.05) is 0 Å². The van der Waals surface area contributed by atoms with Gasteiger partial charge in [0.15, 0.2) is 0 Å². The molecule has 0 bridgehead atoms. The first-order chi connectivity index (χ1) is 10.8. The molecule has 3 rings (SSSR count). The van der Waals surface area contributed by atoms with Crippen molar-refractivity contribution >= 4 is 29.7 Å². The Balaban J connectivity index is 0.00000192. The second kappa shape index (κ2) is 8.49. The van der Waals surface area contributed by atoms with Gasteiger partial charge in [0, 0.05) is 18.8 Å². The van der Waals surface area contributed by atoms with E-state index in [1.807, 2.05) is 35.2 Å². The number of amides is 1. The lowest BCUT2D eigenvalue weighted by molar-refractivity contribution is 0.0904. The maximum atomic E-state index is 12.4. The van der Waals surface area contributed by atoms with Crippen molar-refractivity contribution in [3.63, 3.8) is 0 Å². The van der Waals surface area contributed by atoms with Gasteiger partial charge in [-0.2, -0.15) is 11.3 Å². The topological polar surface area (TPSA) is 66.3 Å². The predicted molar refractivity (Wildman–Crippen MR) is 94.4 cm³/mol. The van der Waals surface area contributed by atoms with Crippen molar-refractivity contribution in [1.82, 2.24) is 15.2 Å². The summed E-state index contributed by atoms with van der Waals surface area (Å²) in [6, 6.07) is 6.00. The molecule has 0 saturated carbocycles. The number of hydrogen-bond acceptors (Lipinski definition) is 4. The largest absolute Gasteiger partial charge is 0.387 e. The first kappa shape index (κ1) is 18.0. The number of hydrogen-bond donors (Lipinski definition) is 3. The molecule has 0 aromatic carbocycles. The van der Waals surface area contributed by atoms with Gasteiger partial charge in [-0.15, -0.1) is 12.4 Å². The highest BCUT2D eigenvalue weighted by Crippen LogP contribution is 2.21. The highest BCUT2D eigenvalue weighted by Gasteiger charge is 2.20. The molecule has 3 heterocycles.